The number of hydrogen-bond acceptors (Lipinski definition) is 5. The maximum absolute atomic E-state index is 13.2. The van der Waals surface area contributed by atoms with E-state index in [1.807, 2.05) is 30.3 Å². The van der Waals surface area contributed by atoms with E-state index in [0.29, 0.717) is 13.1 Å². The Labute approximate surface area is 194 Å². The minimum Gasteiger partial charge on any atom is -0.467 e. The van der Waals surface area contributed by atoms with Crippen LogP contribution in [0.15, 0.2) is 47.1 Å². The molecule has 1 saturated heterocycles. The summed E-state index contributed by atoms with van der Waals surface area (Å²) in [6.07, 6.45) is 6.15. The quantitative estimate of drug-likeness (QED) is 0.450. The van der Waals surface area contributed by atoms with Gasteiger partial charge in [-0.05, 0) is 55.5 Å². The predicted molar refractivity (Wildman–Crippen MR) is 127 cm³/mol. The molecule has 1 aliphatic heterocycles. The second kappa shape index (κ2) is 8.19. The van der Waals surface area contributed by atoms with Crippen molar-refractivity contribution in [2.45, 2.75) is 38.6 Å². The lowest BCUT2D eigenvalue weighted by molar-refractivity contribution is -0.128. The number of rotatable bonds is 5. The monoisotopic (exact) mass is 460 g/mol. The molecule has 2 aliphatic rings. The Morgan fingerprint density at radius 2 is 2.09 bits per heavy atom. The van der Waals surface area contributed by atoms with E-state index in [4.69, 9.17) is 9.40 Å². The zero-order valence-electron chi connectivity index (χ0n) is 18.1. The van der Waals surface area contributed by atoms with E-state index in [2.05, 4.69) is 10.3 Å². The minimum atomic E-state index is -0.380. The fraction of sp³-hybridized carbons (Fsp3) is 0.320. The first-order valence-corrected chi connectivity index (χ1v) is 12.2. The van der Waals surface area contributed by atoms with Crippen LogP contribution in [0.5, 0.6) is 0 Å². The Kier molecular flexibility index (Phi) is 5.02. The van der Waals surface area contributed by atoms with Gasteiger partial charge in [0.2, 0.25) is 11.8 Å². The highest BCUT2D eigenvalue weighted by atomic mass is 32.1. The molecule has 1 aliphatic carbocycles. The number of furan rings is 1. The Morgan fingerprint density at radius 3 is 2.94 bits per heavy atom. The summed E-state index contributed by atoms with van der Waals surface area (Å²) in [5.41, 5.74) is 4.20. The SMILES string of the molecule is O=C(Nc1sc2c(c1-c1nc3ccccc3[nH]1)CCCC2)C1CC(=O)N(Cc2ccco2)C1. The molecule has 2 amide bonds. The first-order valence-electron chi connectivity index (χ1n) is 11.4. The number of carbonyl (C=O) groups is 2. The van der Waals surface area contributed by atoms with Crippen LogP contribution in [0.3, 0.4) is 0 Å². The first kappa shape index (κ1) is 20.2. The number of hydrogen-bond donors (Lipinski definition) is 2. The van der Waals surface area contributed by atoms with Crippen molar-refractivity contribution < 1.29 is 14.0 Å². The molecule has 6 rings (SSSR count). The number of para-hydroxylation sites is 2. The van der Waals surface area contributed by atoms with Gasteiger partial charge in [0.15, 0.2) is 0 Å². The molecule has 1 unspecified atom stereocenters. The number of likely N-dealkylation sites (tertiary alicyclic amines) is 1. The molecule has 0 radical (unpaired) electrons. The summed E-state index contributed by atoms with van der Waals surface area (Å²) in [6, 6.07) is 11.6. The average Bonchev–Trinajstić information content (AvgIpc) is 3.59. The number of carbonyl (C=O) groups excluding carboxylic acids is 2. The number of thiophene rings is 1. The van der Waals surface area contributed by atoms with Crippen molar-refractivity contribution in [2.75, 3.05) is 11.9 Å². The van der Waals surface area contributed by atoms with Gasteiger partial charge < -0.3 is 19.6 Å². The molecule has 168 valence electrons. The largest absolute Gasteiger partial charge is 0.467 e. The van der Waals surface area contributed by atoms with Crippen LogP contribution in [0.2, 0.25) is 0 Å². The molecule has 4 heterocycles. The molecule has 1 fully saturated rings. The fourth-order valence-corrected chi connectivity index (χ4v) is 6.17. The van der Waals surface area contributed by atoms with E-state index in [1.165, 1.54) is 16.9 Å². The molecule has 2 N–H and O–H groups in total. The third-order valence-corrected chi connectivity index (χ3v) is 7.75. The van der Waals surface area contributed by atoms with Crippen LogP contribution in [0.1, 0.15) is 35.5 Å². The van der Waals surface area contributed by atoms with Gasteiger partial charge in [-0.1, -0.05) is 12.1 Å². The van der Waals surface area contributed by atoms with Crippen LogP contribution < -0.4 is 5.32 Å². The van der Waals surface area contributed by atoms with E-state index >= 15 is 0 Å². The lowest BCUT2D eigenvalue weighted by Gasteiger charge is -2.15. The molecule has 4 aromatic rings. The van der Waals surface area contributed by atoms with E-state index in [-0.39, 0.29) is 24.2 Å². The van der Waals surface area contributed by atoms with E-state index in [0.717, 1.165) is 52.4 Å². The average molecular weight is 461 g/mol. The lowest BCUT2D eigenvalue weighted by Crippen LogP contribution is -2.27. The van der Waals surface area contributed by atoms with Crippen molar-refractivity contribution in [3.05, 3.63) is 58.9 Å². The number of imidazole rings is 1. The topological polar surface area (TPSA) is 91.2 Å². The van der Waals surface area contributed by atoms with Gasteiger partial charge in [-0.25, -0.2) is 4.98 Å². The number of anilines is 1. The molecule has 33 heavy (non-hydrogen) atoms. The lowest BCUT2D eigenvalue weighted by atomic mass is 9.95. The molecule has 1 atom stereocenters. The van der Waals surface area contributed by atoms with Crippen LogP contribution in [-0.4, -0.2) is 33.2 Å². The summed E-state index contributed by atoms with van der Waals surface area (Å²) in [7, 11) is 0. The molecule has 1 aromatic carbocycles. The smallest absolute Gasteiger partial charge is 0.230 e. The first-order chi connectivity index (χ1) is 16.2. The molecule has 0 saturated carbocycles. The summed E-state index contributed by atoms with van der Waals surface area (Å²) in [4.78, 5) is 37.0. The van der Waals surface area contributed by atoms with Gasteiger partial charge in [-0.3, -0.25) is 9.59 Å². The number of amides is 2. The Morgan fingerprint density at radius 1 is 1.21 bits per heavy atom. The third kappa shape index (κ3) is 3.74. The second-order valence-corrected chi connectivity index (χ2v) is 9.87. The van der Waals surface area contributed by atoms with Gasteiger partial charge in [-0.2, -0.15) is 0 Å². The summed E-state index contributed by atoms with van der Waals surface area (Å²) >= 11 is 1.65. The summed E-state index contributed by atoms with van der Waals surface area (Å²) in [6.45, 7) is 0.795. The van der Waals surface area contributed by atoms with Gasteiger partial charge in [0.05, 0.1) is 35.3 Å². The fourth-order valence-electron chi connectivity index (χ4n) is 4.88. The standard InChI is InChI=1S/C25H24N4O3S/c30-21-12-15(13-29(21)14-16-6-5-11-32-16)24(31)28-25-22(17-7-1-4-10-20(17)33-25)23-26-18-8-2-3-9-19(18)27-23/h2-3,5-6,8-9,11,15H,1,4,7,10,12-14H2,(H,26,27)(H,28,31). The van der Waals surface area contributed by atoms with Gasteiger partial charge in [0.1, 0.15) is 16.6 Å². The van der Waals surface area contributed by atoms with Crippen molar-refractivity contribution in [1.29, 1.82) is 0 Å². The Bertz CT molecular complexity index is 1300. The predicted octanol–water partition coefficient (Wildman–Crippen LogP) is 4.75. The van der Waals surface area contributed by atoms with Crippen LogP contribution in [0.25, 0.3) is 22.4 Å². The molecule has 0 bridgehead atoms. The highest BCUT2D eigenvalue weighted by Crippen LogP contribution is 2.44. The number of H-pyrrole nitrogens is 1. The summed E-state index contributed by atoms with van der Waals surface area (Å²) in [5, 5.41) is 4.01. The Hall–Kier alpha value is -3.39. The zero-order valence-corrected chi connectivity index (χ0v) is 18.9. The van der Waals surface area contributed by atoms with Gasteiger partial charge >= 0.3 is 0 Å². The maximum Gasteiger partial charge on any atom is 0.230 e. The number of aromatic amines is 1. The third-order valence-electron chi connectivity index (χ3n) is 6.55. The molecular weight excluding hydrogens is 436 g/mol. The molecular formula is C25H24N4O3S. The number of aromatic nitrogens is 2. The van der Waals surface area contributed by atoms with E-state index < -0.39 is 0 Å². The van der Waals surface area contributed by atoms with Gasteiger partial charge in [0, 0.05) is 17.8 Å². The molecule has 3 aromatic heterocycles. The van der Waals surface area contributed by atoms with Crippen molar-refractivity contribution in [1.82, 2.24) is 14.9 Å². The number of aryl methyl sites for hydroxylation is 1. The molecule has 0 spiro atoms. The normalized spacial score (nSPS) is 18.1. The minimum absolute atomic E-state index is 0.0190. The van der Waals surface area contributed by atoms with E-state index in [9.17, 15) is 9.59 Å². The number of fused-ring (bicyclic) bond motifs is 2. The highest BCUT2D eigenvalue weighted by molar-refractivity contribution is 7.17. The van der Waals surface area contributed by atoms with Crippen LogP contribution in [0, 0.1) is 5.92 Å². The van der Waals surface area contributed by atoms with Crippen LogP contribution in [0.4, 0.5) is 5.00 Å². The molecule has 8 heteroatoms. The zero-order chi connectivity index (χ0) is 22.4. The summed E-state index contributed by atoms with van der Waals surface area (Å²) < 4.78 is 5.37. The van der Waals surface area contributed by atoms with Crippen molar-refractivity contribution in [2.24, 2.45) is 5.92 Å². The van der Waals surface area contributed by atoms with Crippen LogP contribution >= 0.6 is 11.3 Å². The highest BCUT2D eigenvalue weighted by Gasteiger charge is 2.35. The van der Waals surface area contributed by atoms with Crippen molar-refractivity contribution >= 4 is 39.2 Å². The van der Waals surface area contributed by atoms with Gasteiger partial charge in [-0.15, -0.1) is 11.3 Å². The molecule has 7 nitrogen and oxygen atoms in total. The number of nitrogens with zero attached hydrogens (tertiary/aromatic N) is 2. The maximum atomic E-state index is 13.2. The van der Waals surface area contributed by atoms with Gasteiger partial charge in [0.25, 0.3) is 0 Å². The Balaban J connectivity index is 1.27. The number of nitrogens with one attached hydrogen (secondary N) is 2. The summed E-state index contributed by atoms with van der Waals surface area (Å²) in [5.74, 6) is 1.02. The number of benzene rings is 1. The van der Waals surface area contributed by atoms with Crippen molar-refractivity contribution in [3.63, 3.8) is 0 Å². The second-order valence-electron chi connectivity index (χ2n) is 8.76. The van der Waals surface area contributed by atoms with Crippen LogP contribution in [-0.2, 0) is 29.0 Å². The van der Waals surface area contributed by atoms with Crippen molar-refractivity contribution in [3.8, 4) is 11.4 Å². The van der Waals surface area contributed by atoms with E-state index in [1.54, 1.807) is 28.6 Å².